The molecule has 0 aromatic rings. The van der Waals surface area contributed by atoms with Crippen LogP contribution in [0.15, 0.2) is 0 Å². The van der Waals surface area contributed by atoms with E-state index in [-0.39, 0.29) is 0 Å². The van der Waals surface area contributed by atoms with Crippen molar-refractivity contribution in [1.29, 1.82) is 0 Å². The van der Waals surface area contributed by atoms with Crippen molar-refractivity contribution < 1.29 is 0 Å². The van der Waals surface area contributed by atoms with Crippen molar-refractivity contribution in [2.75, 3.05) is 13.1 Å². The average molecular weight is 268 g/mol. The first-order valence-electron chi connectivity index (χ1n) is 8.48. The maximum absolute atomic E-state index is 3.69. The highest BCUT2D eigenvalue weighted by molar-refractivity contribution is 4.85. The van der Waals surface area contributed by atoms with Gasteiger partial charge >= 0.3 is 0 Å². The lowest BCUT2D eigenvalue weighted by Gasteiger charge is -2.40. The van der Waals surface area contributed by atoms with Crippen molar-refractivity contribution in [1.82, 2.24) is 10.2 Å². The molecule has 0 heterocycles. The zero-order valence-corrected chi connectivity index (χ0v) is 14.1. The molecule has 1 aliphatic carbocycles. The molecule has 0 bridgehead atoms. The van der Waals surface area contributed by atoms with E-state index in [1.165, 1.54) is 38.8 Å². The lowest BCUT2D eigenvalue weighted by Crippen LogP contribution is -2.48. The second-order valence-electron chi connectivity index (χ2n) is 6.96. The molecule has 0 spiro atoms. The second kappa shape index (κ2) is 8.26. The highest BCUT2D eigenvalue weighted by Gasteiger charge is 2.27. The molecular weight excluding hydrogens is 232 g/mol. The fourth-order valence-electron chi connectivity index (χ4n) is 2.96. The van der Waals surface area contributed by atoms with Crippen LogP contribution in [0.1, 0.15) is 67.2 Å². The normalized spacial score (nSPS) is 19.4. The molecule has 0 saturated heterocycles. The Morgan fingerprint density at radius 3 is 2.05 bits per heavy atom. The highest BCUT2D eigenvalue weighted by atomic mass is 15.2. The second-order valence-corrected chi connectivity index (χ2v) is 6.96. The summed E-state index contributed by atoms with van der Waals surface area (Å²) in [6.07, 6.45) is 5.33. The predicted molar refractivity (Wildman–Crippen MR) is 85.6 cm³/mol. The molecule has 114 valence electrons. The van der Waals surface area contributed by atoms with Gasteiger partial charge in [-0.25, -0.2) is 0 Å². The van der Waals surface area contributed by atoms with E-state index in [9.17, 15) is 0 Å². The zero-order chi connectivity index (χ0) is 14.4. The van der Waals surface area contributed by atoms with Gasteiger partial charge in [0.2, 0.25) is 0 Å². The van der Waals surface area contributed by atoms with E-state index in [0.29, 0.717) is 6.04 Å². The van der Waals surface area contributed by atoms with Crippen LogP contribution in [0.2, 0.25) is 0 Å². The van der Waals surface area contributed by atoms with Crippen molar-refractivity contribution >= 4 is 0 Å². The number of hydrogen-bond donors (Lipinski definition) is 1. The summed E-state index contributed by atoms with van der Waals surface area (Å²) in [7, 11) is 0. The lowest BCUT2D eigenvalue weighted by atomic mass is 9.97. The van der Waals surface area contributed by atoms with Crippen LogP contribution in [0.3, 0.4) is 0 Å². The van der Waals surface area contributed by atoms with Crippen molar-refractivity contribution in [2.24, 2.45) is 11.8 Å². The van der Waals surface area contributed by atoms with Crippen LogP contribution in [0.25, 0.3) is 0 Å². The first kappa shape index (κ1) is 17.0. The van der Waals surface area contributed by atoms with E-state index < -0.39 is 0 Å². The van der Waals surface area contributed by atoms with Gasteiger partial charge in [0.1, 0.15) is 0 Å². The van der Waals surface area contributed by atoms with Gasteiger partial charge < -0.3 is 5.32 Å². The van der Waals surface area contributed by atoms with Crippen LogP contribution in [-0.4, -0.2) is 36.1 Å². The molecule has 1 saturated carbocycles. The Bertz CT molecular complexity index is 231. The number of rotatable bonds is 10. The monoisotopic (exact) mass is 268 g/mol. The van der Waals surface area contributed by atoms with Gasteiger partial charge in [-0.3, -0.25) is 4.90 Å². The van der Waals surface area contributed by atoms with Gasteiger partial charge in [0.15, 0.2) is 0 Å². The fourth-order valence-corrected chi connectivity index (χ4v) is 2.96. The van der Waals surface area contributed by atoms with E-state index in [0.717, 1.165) is 23.9 Å². The summed E-state index contributed by atoms with van der Waals surface area (Å²) in [4.78, 5) is 2.77. The van der Waals surface area contributed by atoms with Crippen LogP contribution in [0.5, 0.6) is 0 Å². The summed E-state index contributed by atoms with van der Waals surface area (Å²) in [6, 6.07) is 2.26. The van der Waals surface area contributed by atoms with Gasteiger partial charge in [0.25, 0.3) is 0 Å². The molecule has 1 fully saturated rings. The molecule has 1 rings (SSSR count). The lowest BCUT2D eigenvalue weighted by molar-refractivity contribution is 0.0865. The van der Waals surface area contributed by atoms with E-state index in [1.807, 2.05) is 0 Å². The minimum atomic E-state index is 0.679. The smallest absolute Gasteiger partial charge is 0.0108 e. The van der Waals surface area contributed by atoms with Crippen molar-refractivity contribution in [2.45, 2.75) is 85.4 Å². The third-order valence-corrected chi connectivity index (χ3v) is 4.64. The van der Waals surface area contributed by atoms with Gasteiger partial charge in [-0.15, -0.1) is 0 Å². The van der Waals surface area contributed by atoms with Crippen molar-refractivity contribution in [3.05, 3.63) is 0 Å². The Kier molecular flexibility index (Phi) is 7.38. The first-order valence-corrected chi connectivity index (χ1v) is 8.48. The Morgan fingerprint density at radius 1 is 1.05 bits per heavy atom. The Balaban J connectivity index is 2.53. The van der Waals surface area contributed by atoms with E-state index in [4.69, 9.17) is 0 Å². The Morgan fingerprint density at radius 2 is 1.63 bits per heavy atom. The summed E-state index contributed by atoms with van der Waals surface area (Å²) >= 11 is 0. The molecule has 0 amide bonds. The summed E-state index contributed by atoms with van der Waals surface area (Å²) in [5.41, 5.74) is 0. The summed E-state index contributed by atoms with van der Waals surface area (Å²) < 4.78 is 0. The van der Waals surface area contributed by atoms with Gasteiger partial charge in [-0.2, -0.15) is 0 Å². The number of nitrogens with one attached hydrogen (secondary N) is 1. The van der Waals surface area contributed by atoms with Gasteiger partial charge in [-0.1, -0.05) is 34.6 Å². The van der Waals surface area contributed by atoms with Crippen molar-refractivity contribution in [3.63, 3.8) is 0 Å². The SMILES string of the molecule is CCC(CC)N(CC(C)C)C(C)C(C)CNC1CC1. The van der Waals surface area contributed by atoms with Crippen LogP contribution in [0, 0.1) is 11.8 Å². The summed E-state index contributed by atoms with van der Waals surface area (Å²) in [5, 5.41) is 3.69. The highest BCUT2D eigenvalue weighted by Crippen LogP contribution is 2.22. The predicted octanol–water partition coefficient (Wildman–Crippen LogP) is 3.91. The van der Waals surface area contributed by atoms with E-state index in [2.05, 4.69) is 51.8 Å². The van der Waals surface area contributed by atoms with Gasteiger partial charge in [-0.05, 0) is 51.0 Å². The average Bonchev–Trinajstić information content (AvgIpc) is 3.18. The number of hydrogen-bond acceptors (Lipinski definition) is 2. The van der Waals surface area contributed by atoms with Gasteiger partial charge in [0.05, 0.1) is 0 Å². The maximum atomic E-state index is 3.69. The molecule has 1 aliphatic rings. The Labute approximate surface area is 121 Å². The standard InChI is InChI=1S/C17H36N2/c1-7-17(8-2)19(12-13(3)4)15(6)14(5)11-18-16-9-10-16/h13-18H,7-12H2,1-6H3. The first-order chi connectivity index (χ1) is 8.99. The molecule has 19 heavy (non-hydrogen) atoms. The molecule has 2 nitrogen and oxygen atoms in total. The molecule has 2 unspecified atom stereocenters. The third-order valence-electron chi connectivity index (χ3n) is 4.64. The van der Waals surface area contributed by atoms with Crippen LogP contribution >= 0.6 is 0 Å². The molecule has 2 heteroatoms. The molecule has 0 radical (unpaired) electrons. The van der Waals surface area contributed by atoms with Gasteiger partial charge in [0, 0.05) is 24.7 Å². The quantitative estimate of drug-likeness (QED) is 0.646. The third kappa shape index (κ3) is 5.83. The maximum Gasteiger partial charge on any atom is 0.0108 e. The van der Waals surface area contributed by atoms with Crippen molar-refractivity contribution in [3.8, 4) is 0 Å². The van der Waals surface area contributed by atoms with Crippen LogP contribution in [0.4, 0.5) is 0 Å². The minimum Gasteiger partial charge on any atom is -0.314 e. The number of nitrogens with zero attached hydrogens (tertiary/aromatic N) is 1. The molecular formula is C17H36N2. The van der Waals surface area contributed by atoms with Crippen LogP contribution in [-0.2, 0) is 0 Å². The minimum absolute atomic E-state index is 0.679. The van der Waals surface area contributed by atoms with Crippen LogP contribution < -0.4 is 5.32 Å². The summed E-state index contributed by atoms with van der Waals surface area (Å²) in [6.45, 7) is 16.6. The van der Waals surface area contributed by atoms with E-state index >= 15 is 0 Å². The topological polar surface area (TPSA) is 15.3 Å². The molecule has 0 aromatic carbocycles. The zero-order valence-electron chi connectivity index (χ0n) is 14.1. The molecule has 0 aliphatic heterocycles. The fraction of sp³-hybridized carbons (Fsp3) is 1.00. The molecule has 0 aromatic heterocycles. The summed E-state index contributed by atoms with van der Waals surface area (Å²) in [5.74, 6) is 1.49. The largest absolute Gasteiger partial charge is 0.314 e. The van der Waals surface area contributed by atoms with E-state index in [1.54, 1.807) is 0 Å². The molecule has 2 atom stereocenters. The Hall–Kier alpha value is -0.0800. The molecule has 1 N–H and O–H groups in total.